The molecule has 1 unspecified atom stereocenters. The summed E-state index contributed by atoms with van der Waals surface area (Å²) >= 11 is 0. The summed E-state index contributed by atoms with van der Waals surface area (Å²) in [6.07, 6.45) is 2.18. The van der Waals surface area contributed by atoms with Crippen molar-refractivity contribution in [1.82, 2.24) is 10.2 Å². The molecule has 0 rings (SSSR count). The Morgan fingerprint density at radius 3 is 2.33 bits per heavy atom. The second kappa shape index (κ2) is 7.03. The summed E-state index contributed by atoms with van der Waals surface area (Å²) in [7, 11) is 0. The fourth-order valence-corrected chi connectivity index (χ4v) is 1.55. The van der Waals surface area contributed by atoms with Crippen LogP contribution in [0.3, 0.4) is 0 Å². The molecule has 0 saturated heterocycles. The molecule has 0 radical (unpaired) electrons. The van der Waals surface area contributed by atoms with Crippen LogP contribution in [0.1, 0.15) is 40.5 Å². The fraction of sp³-hybridized carbons (Fsp3) is 0.692. The predicted molar refractivity (Wildman–Crippen MR) is 71.5 cm³/mol. The molecule has 5 heteroatoms. The van der Waals surface area contributed by atoms with Gasteiger partial charge < -0.3 is 15.3 Å². The second-order valence-corrected chi connectivity index (χ2v) is 5.22. The van der Waals surface area contributed by atoms with E-state index in [-0.39, 0.29) is 24.0 Å². The molecule has 5 nitrogen and oxygen atoms in total. The Morgan fingerprint density at radius 1 is 1.44 bits per heavy atom. The Hall–Kier alpha value is -1.52. The number of carboxylic acid groups (broad SMARTS) is 1. The first-order valence-corrected chi connectivity index (χ1v) is 6.13. The van der Waals surface area contributed by atoms with E-state index in [1.807, 2.05) is 27.7 Å². The highest BCUT2D eigenvalue weighted by Crippen LogP contribution is 2.13. The van der Waals surface area contributed by atoms with Crippen LogP contribution in [0.2, 0.25) is 0 Å². The number of carboxylic acids is 1. The average molecular weight is 256 g/mol. The molecule has 0 aromatic heterocycles. The summed E-state index contributed by atoms with van der Waals surface area (Å²) in [6, 6.07) is -0.597. The summed E-state index contributed by atoms with van der Waals surface area (Å²) in [5.41, 5.74) is -0.334. The maximum atomic E-state index is 12.1. The molecular weight excluding hydrogens is 232 g/mol. The third kappa shape index (κ3) is 5.70. The van der Waals surface area contributed by atoms with Gasteiger partial charge in [0.1, 0.15) is 0 Å². The Labute approximate surface area is 109 Å². The molecule has 0 aromatic rings. The molecule has 0 aliphatic rings. The molecule has 0 heterocycles. The molecule has 0 bridgehead atoms. The van der Waals surface area contributed by atoms with Gasteiger partial charge in [-0.1, -0.05) is 13.0 Å². The van der Waals surface area contributed by atoms with Gasteiger partial charge in [0.05, 0.1) is 6.42 Å². The fourth-order valence-electron chi connectivity index (χ4n) is 1.55. The number of nitrogens with zero attached hydrogens (tertiary/aromatic N) is 1. The highest BCUT2D eigenvalue weighted by atomic mass is 16.4. The summed E-state index contributed by atoms with van der Waals surface area (Å²) in [6.45, 7) is 11.7. The summed E-state index contributed by atoms with van der Waals surface area (Å²) < 4.78 is 0. The van der Waals surface area contributed by atoms with Gasteiger partial charge in [-0.05, 0) is 27.2 Å². The Bertz CT molecular complexity index is 308. The first-order valence-electron chi connectivity index (χ1n) is 6.13. The van der Waals surface area contributed by atoms with E-state index in [0.717, 1.165) is 0 Å². The summed E-state index contributed by atoms with van der Waals surface area (Å²) in [5, 5.41) is 11.5. The van der Waals surface area contributed by atoms with Crippen molar-refractivity contribution in [3.8, 4) is 0 Å². The number of hydrogen-bond acceptors (Lipinski definition) is 2. The van der Waals surface area contributed by atoms with E-state index in [2.05, 4.69) is 11.9 Å². The van der Waals surface area contributed by atoms with E-state index >= 15 is 0 Å². The molecule has 0 saturated carbocycles. The molecule has 0 spiro atoms. The first kappa shape index (κ1) is 16.5. The van der Waals surface area contributed by atoms with Crippen LogP contribution >= 0.6 is 0 Å². The number of carbonyl (C=O) groups excluding carboxylic acids is 1. The summed E-state index contributed by atoms with van der Waals surface area (Å²) in [4.78, 5) is 24.4. The van der Waals surface area contributed by atoms with Gasteiger partial charge in [-0.25, -0.2) is 4.79 Å². The molecule has 0 fully saturated rings. The van der Waals surface area contributed by atoms with E-state index < -0.39 is 5.97 Å². The number of rotatable bonds is 6. The average Bonchev–Trinajstić information content (AvgIpc) is 2.22. The van der Waals surface area contributed by atoms with Gasteiger partial charge in [-0.3, -0.25) is 4.79 Å². The zero-order chi connectivity index (χ0) is 14.3. The Balaban J connectivity index is 4.67. The lowest BCUT2D eigenvalue weighted by molar-refractivity contribution is -0.137. The number of amides is 2. The zero-order valence-corrected chi connectivity index (χ0v) is 11.7. The number of aliphatic carboxylic acids is 1. The second-order valence-electron chi connectivity index (χ2n) is 5.22. The smallest absolute Gasteiger partial charge is 0.318 e. The number of carbonyl (C=O) groups is 2. The number of nitrogens with one attached hydrogen (secondary N) is 1. The normalized spacial score (nSPS) is 12.7. The monoisotopic (exact) mass is 256 g/mol. The van der Waals surface area contributed by atoms with Crippen molar-refractivity contribution >= 4 is 12.0 Å². The van der Waals surface area contributed by atoms with E-state index in [4.69, 9.17) is 5.11 Å². The van der Waals surface area contributed by atoms with Crippen molar-refractivity contribution in [1.29, 1.82) is 0 Å². The molecular formula is C13H24N2O3. The van der Waals surface area contributed by atoms with Gasteiger partial charge in [-0.15, -0.1) is 6.58 Å². The van der Waals surface area contributed by atoms with Gasteiger partial charge in [0, 0.05) is 18.1 Å². The largest absolute Gasteiger partial charge is 0.481 e. The van der Waals surface area contributed by atoms with E-state index in [1.54, 1.807) is 11.0 Å². The van der Waals surface area contributed by atoms with Crippen LogP contribution in [0.4, 0.5) is 4.79 Å². The van der Waals surface area contributed by atoms with Crippen LogP contribution in [0.5, 0.6) is 0 Å². The van der Waals surface area contributed by atoms with Gasteiger partial charge in [-0.2, -0.15) is 0 Å². The van der Waals surface area contributed by atoms with Crippen molar-refractivity contribution in [2.75, 3.05) is 6.54 Å². The minimum absolute atomic E-state index is 0.0612. The maximum Gasteiger partial charge on any atom is 0.318 e. The van der Waals surface area contributed by atoms with Crippen molar-refractivity contribution in [2.45, 2.75) is 52.1 Å². The lowest BCUT2D eigenvalue weighted by atomic mass is 10.1. The number of urea groups is 1. The molecule has 2 N–H and O–H groups in total. The topological polar surface area (TPSA) is 69.6 Å². The lowest BCUT2D eigenvalue weighted by Crippen LogP contribution is -2.52. The summed E-state index contributed by atoms with van der Waals surface area (Å²) in [5.74, 6) is -0.909. The Kier molecular flexibility index (Phi) is 6.44. The van der Waals surface area contributed by atoms with Gasteiger partial charge >= 0.3 is 12.0 Å². The maximum absolute atomic E-state index is 12.1. The van der Waals surface area contributed by atoms with Crippen LogP contribution in [-0.2, 0) is 4.79 Å². The van der Waals surface area contributed by atoms with Crippen LogP contribution in [0.15, 0.2) is 12.7 Å². The third-order valence-electron chi connectivity index (χ3n) is 2.61. The van der Waals surface area contributed by atoms with Gasteiger partial charge in [0.25, 0.3) is 0 Å². The molecule has 104 valence electrons. The highest BCUT2D eigenvalue weighted by molar-refractivity contribution is 5.76. The van der Waals surface area contributed by atoms with Crippen LogP contribution < -0.4 is 5.32 Å². The molecule has 18 heavy (non-hydrogen) atoms. The SMILES string of the molecule is C=CCN(C(=O)NC(CC)CC(=O)O)C(C)(C)C. The van der Waals surface area contributed by atoms with Crippen molar-refractivity contribution in [3.63, 3.8) is 0 Å². The molecule has 2 amide bonds. The molecule has 0 aliphatic heterocycles. The van der Waals surface area contributed by atoms with Crippen molar-refractivity contribution in [3.05, 3.63) is 12.7 Å². The van der Waals surface area contributed by atoms with E-state index in [1.165, 1.54) is 0 Å². The van der Waals surface area contributed by atoms with Crippen LogP contribution in [0, 0.1) is 0 Å². The van der Waals surface area contributed by atoms with Crippen LogP contribution in [0.25, 0.3) is 0 Å². The molecule has 0 aliphatic carbocycles. The number of hydrogen-bond donors (Lipinski definition) is 2. The first-order chi connectivity index (χ1) is 8.22. The Morgan fingerprint density at radius 2 is 2.00 bits per heavy atom. The predicted octanol–water partition coefficient (Wildman–Crippen LogP) is 2.24. The van der Waals surface area contributed by atoms with E-state index in [9.17, 15) is 9.59 Å². The van der Waals surface area contributed by atoms with Gasteiger partial charge in [0.2, 0.25) is 0 Å². The van der Waals surface area contributed by atoms with Crippen molar-refractivity contribution in [2.24, 2.45) is 0 Å². The lowest BCUT2D eigenvalue weighted by Gasteiger charge is -2.35. The highest BCUT2D eigenvalue weighted by Gasteiger charge is 2.26. The quantitative estimate of drug-likeness (QED) is 0.716. The molecule has 0 aromatic carbocycles. The van der Waals surface area contributed by atoms with Crippen LogP contribution in [-0.4, -0.2) is 40.1 Å². The minimum Gasteiger partial charge on any atom is -0.481 e. The molecule has 1 atom stereocenters. The van der Waals surface area contributed by atoms with Gasteiger partial charge in [0.15, 0.2) is 0 Å². The minimum atomic E-state index is -0.909. The van der Waals surface area contributed by atoms with E-state index in [0.29, 0.717) is 13.0 Å². The third-order valence-corrected chi connectivity index (χ3v) is 2.61. The van der Waals surface area contributed by atoms with Crippen molar-refractivity contribution < 1.29 is 14.7 Å². The standard InChI is InChI=1S/C13H24N2O3/c1-6-8-15(13(3,4)5)12(18)14-10(7-2)9-11(16)17/h6,10H,1,7-9H2,2-5H3,(H,14,18)(H,16,17). The zero-order valence-electron chi connectivity index (χ0n) is 11.7.